The van der Waals surface area contributed by atoms with E-state index in [-0.39, 0.29) is 5.92 Å². The lowest BCUT2D eigenvalue weighted by Crippen LogP contribution is -2.37. The molecule has 1 fully saturated rings. The second kappa shape index (κ2) is 6.14. The molecule has 82 valence electrons. The molecule has 0 radical (unpaired) electrons. The van der Waals surface area contributed by atoms with Gasteiger partial charge in [0.05, 0.1) is 19.1 Å². The number of ketones is 1. The molecule has 0 aromatic heterocycles. The summed E-state index contributed by atoms with van der Waals surface area (Å²) < 4.78 is 5.31. The third-order valence-electron chi connectivity index (χ3n) is 2.69. The van der Waals surface area contributed by atoms with E-state index in [4.69, 9.17) is 4.74 Å². The van der Waals surface area contributed by atoms with E-state index in [1.165, 1.54) is 12.8 Å². The monoisotopic (exact) mass is 199 g/mol. The number of unbranched alkanes of at least 4 members (excludes halogenated alkanes) is 1. The van der Waals surface area contributed by atoms with E-state index in [0.29, 0.717) is 25.4 Å². The summed E-state index contributed by atoms with van der Waals surface area (Å²) in [5, 5.41) is 0. The van der Waals surface area contributed by atoms with Crippen molar-refractivity contribution in [2.75, 3.05) is 33.4 Å². The number of Topliss-reactive ketones (excluding diaryl/α,β-unsaturated/α-hetero) is 1. The van der Waals surface area contributed by atoms with Gasteiger partial charge in [0.1, 0.15) is 5.78 Å². The summed E-state index contributed by atoms with van der Waals surface area (Å²) in [4.78, 5) is 13.7. The molecule has 1 unspecified atom stereocenters. The minimum atomic E-state index is 0.116. The number of carbonyl (C=O) groups is 1. The predicted octanol–water partition coefficient (Wildman–Crippen LogP) is 1.32. The predicted molar refractivity (Wildman–Crippen MR) is 56.3 cm³/mol. The molecular formula is C11H21NO2. The van der Waals surface area contributed by atoms with Crippen LogP contribution >= 0.6 is 0 Å². The Hall–Kier alpha value is -0.410. The molecule has 0 aromatic rings. The van der Waals surface area contributed by atoms with Crippen LogP contribution < -0.4 is 0 Å². The van der Waals surface area contributed by atoms with Gasteiger partial charge in [0.2, 0.25) is 0 Å². The lowest BCUT2D eigenvalue weighted by atomic mass is 10.00. The second-order valence-electron chi connectivity index (χ2n) is 4.10. The van der Waals surface area contributed by atoms with E-state index in [1.807, 2.05) is 0 Å². The molecule has 1 aliphatic rings. The molecule has 1 atom stereocenters. The third kappa shape index (κ3) is 3.76. The number of carbonyl (C=O) groups excluding carboxylic acids is 1. The van der Waals surface area contributed by atoms with E-state index in [9.17, 15) is 4.79 Å². The van der Waals surface area contributed by atoms with Crippen LogP contribution in [-0.2, 0) is 9.53 Å². The summed E-state index contributed by atoms with van der Waals surface area (Å²) in [5.74, 6) is 0.491. The van der Waals surface area contributed by atoms with Crippen LogP contribution in [0, 0.1) is 5.92 Å². The summed E-state index contributed by atoms with van der Waals surface area (Å²) >= 11 is 0. The Morgan fingerprint density at radius 3 is 3.00 bits per heavy atom. The fourth-order valence-corrected chi connectivity index (χ4v) is 1.75. The fraction of sp³-hybridized carbons (Fsp3) is 0.909. The normalized spacial score (nSPS) is 23.1. The van der Waals surface area contributed by atoms with Gasteiger partial charge in [0.15, 0.2) is 0 Å². The lowest BCUT2D eigenvalue weighted by molar-refractivity contribution is -0.131. The molecule has 3 nitrogen and oxygen atoms in total. The largest absolute Gasteiger partial charge is 0.380 e. The van der Waals surface area contributed by atoms with Gasteiger partial charge in [0, 0.05) is 13.0 Å². The molecule has 1 saturated heterocycles. The summed E-state index contributed by atoms with van der Waals surface area (Å²) in [7, 11) is 2.08. The van der Waals surface area contributed by atoms with Crippen LogP contribution in [0.2, 0.25) is 0 Å². The van der Waals surface area contributed by atoms with Crippen molar-refractivity contribution in [3.8, 4) is 0 Å². The highest BCUT2D eigenvalue weighted by atomic mass is 16.5. The Balaban J connectivity index is 2.23. The topological polar surface area (TPSA) is 29.5 Å². The molecule has 0 aromatic carbocycles. The van der Waals surface area contributed by atoms with Gasteiger partial charge in [-0.2, -0.15) is 0 Å². The second-order valence-corrected chi connectivity index (χ2v) is 4.10. The van der Waals surface area contributed by atoms with E-state index in [2.05, 4.69) is 18.9 Å². The van der Waals surface area contributed by atoms with Crippen molar-refractivity contribution in [1.82, 2.24) is 4.90 Å². The Kier molecular flexibility index (Phi) is 5.12. The van der Waals surface area contributed by atoms with Crippen molar-refractivity contribution in [2.45, 2.75) is 26.2 Å². The lowest BCUT2D eigenvalue weighted by Gasteiger charge is -2.25. The summed E-state index contributed by atoms with van der Waals surface area (Å²) in [5.41, 5.74) is 0. The average Bonchev–Trinajstić information content (AvgIpc) is 2.18. The van der Waals surface area contributed by atoms with Gasteiger partial charge in [0.25, 0.3) is 0 Å². The first-order valence-corrected chi connectivity index (χ1v) is 5.53. The molecule has 1 rings (SSSR count). The van der Waals surface area contributed by atoms with Gasteiger partial charge in [-0.1, -0.05) is 13.3 Å². The Morgan fingerprint density at radius 1 is 1.57 bits per heavy atom. The smallest absolute Gasteiger partial charge is 0.141 e. The zero-order valence-corrected chi connectivity index (χ0v) is 9.29. The highest BCUT2D eigenvalue weighted by molar-refractivity contribution is 5.81. The first kappa shape index (κ1) is 11.7. The summed E-state index contributed by atoms with van der Waals surface area (Å²) in [6.45, 7) is 5.37. The molecule has 1 aliphatic heterocycles. The van der Waals surface area contributed by atoms with Crippen molar-refractivity contribution in [1.29, 1.82) is 0 Å². The first-order valence-electron chi connectivity index (χ1n) is 5.53. The maximum atomic E-state index is 11.5. The first-order chi connectivity index (χ1) is 6.74. The summed E-state index contributed by atoms with van der Waals surface area (Å²) in [6.07, 6.45) is 3.02. The quantitative estimate of drug-likeness (QED) is 0.669. The molecule has 0 bridgehead atoms. The van der Waals surface area contributed by atoms with Gasteiger partial charge in [-0.05, 0) is 20.0 Å². The molecule has 0 amide bonds. The zero-order valence-electron chi connectivity index (χ0n) is 9.29. The van der Waals surface area contributed by atoms with Gasteiger partial charge in [-0.25, -0.2) is 0 Å². The van der Waals surface area contributed by atoms with Gasteiger partial charge in [-0.15, -0.1) is 0 Å². The van der Waals surface area contributed by atoms with Crippen LogP contribution in [0.4, 0.5) is 0 Å². The number of ether oxygens (including phenoxy) is 1. The van der Waals surface area contributed by atoms with Crippen molar-refractivity contribution in [3.63, 3.8) is 0 Å². The molecule has 0 N–H and O–H groups in total. The van der Waals surface area contributed by atoms with Crippen LogP contribution in [0.25, 0.3) is 0 Å². The molecule has 0 saturated carbocycles. The van der Waals surface area contributed by atoms with Crippen molar-refractivity contribution >= 4 is 5.78 Å². The molecular weight excluding hydrogens is 178 g/mol. The van der Waals surface area contributed by atoms with Crippen LogP contribution in [0.15, 0.2) is 0 Å². The molecule has 0 spiro atoms. The maximum Gasteiger partial charge on any atom is 0.141 e. The number of rotatable bonds is 5. The minimum absolute atomic E-state index is 0.116. The maximum absolute atomic E-state index is 11.5. The number of nitrogens with zero attached hydrogens (tertiary/aromatic N) is 1. The van der Waals surface area contributed by atoms with Gasteiger partial charge >= 0.3 is 0 Å². The average molecular weight is 199 g/mol. The van der Waals surface area contributed by atoms with Crippen molar-refractivity contribution < 1.29 is 9.53 Å². The third-order valence-corrected chi connectivity index (χ3v) is 2.69. The highest BCUT2D eigenvalue weighted by Crippen LogP contribution is 2.11. The van der Waals surface area contributed by atoms with Gasteiger partial charge in [-0.3, -0.25) is 4.79 Å². The van der Waals surface area contributed by atoms with Crippen molar-refractivity contribution in [3.05, 3.63) is 0 Å². The Labute approximate surface area is 86.4 Å². The molecule has 1 heterocycles. The zero-order chi connectivity index (χ0) is 10.4. The van der Waals surface area contributed by atoms with Crippen molar-refractivity contribution in [2.24, 2.45) is 5.92 Å². The summed E-state index contributed by atoms with van der Waals surface area (Å²) in [6, 6.07) is 0. The number of hydrogen-bond donors (Lipinski definition) is 0. The standard InChI is InChI=1S/C11H21NO2/c1-3-4-6-12(2)8-10-9-14-7-5-11(10)13/h10H,3-9H2,1-2H3. The molecule has 0 aliphatic carbocycles. The van der Waals surface area contributed by atoms with E-state index >= 15 is 0 Å². The molecule has 3 heteroatoms. The van der Waals surface area contributed by atoms with E-state index in [1.54, 1.807) is 0 Å². The van der Waals surface area contributed by atoms with Crippen LogP contribution in [-0.4, -0.2) is 44.0 Å². The van der Waals surface area contributed by atoms with Crippen LogP contribution in [0.5, 0.6) is 0 Å². The SMILES string of the molecule is CCCCN(C)CC1COCCC1=O. The Morgan fingerprint density at radius 2 is 2.36 bits per heavy atom. The van der Waals surface area contributed by atoms with Crippen LogP contribution in [0.1, 0.15) is 26.2 Å². The minimum Gasteiger partial charge on any atom is -0.380 e. The number of hydrogen-bond acceptors (Lipinski definition) is 3. The molecule has 14 heavy (non-hydrogen) atoms. The Bertz CT molecular complexity index is 182. The van der Waals surface area contributed by atoms with Crippen LogP contribution in [0.3, 0.4) is 0 Å². The van der Waals surface area contributed by atoms with Gasteiger partial charge < -0.3 is 9.64 Å². The van der Waals surface area contributed by atoms with E-state index in [0.717, 1.165) is 13.1 Å². The highest BCUT2D eigenvalue weighted by Gasteiger charge is 2.23. The van der Waals surface area contributed by atoms with E-state index < -0.39 is 0 Å². The fourth-order valence-electron chi connectivity index (χ4n) is 1.75.